The van der Waals surface area contributed by atoms with Gasteiger partial charge >= 0.3 is 0 Å². The third kappa shape index (κ3) is 3.21. The van der Waals surface area contributed by atoms with Crippen molar-refractivity contribution in [1.29, 1.82) is 0 Å². The van der Waals surface area contributed by atoms with E-state index in [0.29, 0.717) is 6.04 Å². The highest BCUT2D eigenvalue weighted by molar-refractivity contribution is 9.10. The average Bonchev–Trinajstić information content (AvgIpc) is 2.26. The molecule has 0 amide bonds. The predicted molar refractivity (Wildman–Crippen MR) is 67.4 cm³/mol. The number of ether oxygens (including phenoxy) is 1. The molecule has 2 nitrogen and oxygen atoms in total. The van der Waals surface area contributed by atoms with E-state index in [-0.39, 0.29) is 0 Å². The Balaban J connectivity index is 2.92. The highest BCUT2D eigenvalue weighted by Crippen LogP contribution is 2.29. The molecule has 1 rings (SSSR count). The lowest BCUT2D eigenvalue weighted by atomic mass is 10.0. The van der Waals surface area contributed by atoms with Crippen LogP contribution >= 0.6 is 15.9 Å². The first kappa shape index (κ1) is 12.5. The van der Waals surface area contributed by atoms with Crippen molar-refractivity contribution in [2.45, 2.75) is 26.3 Å². The molecule has 1 N–H and O–H groups in total. The van der Waals surface area contributed by atoms with Crippen LogP contribution in [0.3, 0.4) is 0 Å². The number of methoxy groups -OCH3 is 1. The van der Waals surface area contributed by atoms with E-state index in [1.807, 2.05) is 12.1 Å². The molecule has 0 aliphatic rings. The fraction of sp³-hybridized carbons (Fsp3) is 0.500. The van der Waals surface area contributed by atoms with Crippen LogP contribution in [-0.2, 0) is 0 Å². The van der Waals surface area contributed by atoms with Crippen molar-refractivity contribution >= 4 is 15.9 Å². The van der Waals surface area contributed by atoms with Crippen molar-refractivity contribution in [2.75, 3.05) is 13.7 Å². The quantitative estimate of drug-likeness (QED) is 0.885. The van der Waals surface area contributed by atoms with E-state index in [1.165, 1.54) is 5.56 Å². The molecular weight excluding hydrogens is 254 g/mol. The first-order chi connectivity index (χ1) is 7.22. The first-order valence-corrected chi connectivity index (χ1v) is 6.09. The minimum Gasteiger partial charge on any atom is -0.497 e. The topological polar surface area (TPSA) is 21.3 Å². The van der Waals surface area contributed by atoms with Crippen LogP contribution in [0.1, 0.15) is 31.9 Å². The number of hydrogen-bond donors (Lipinski definition) is 1. The SMILES string of the molecule is CCNC(CC)c1ccc(OC)cc1Br. The summed E-state index contributed by atoms with van der Waals surface area (Å²) < 4.78 is 6.28. The van der Waals surface area contributed by atoms with Gasteiger partial charge in [-0.05, 0) is 30.7 Å². The standard InChI is InChI=1S/C12H18BrNO/c1-4-12(14-5-2)10-7-6-9(15-3)8-11(10)13/h6-8,12,14H,4-5H2,1-3H3. The zero-order chi connectivity index (χ0) is 11.3. The van der Waals surface area contributed by atoms with Gasteiger partial charge in [0.1, 0.15) is 5.75 Å². The smallest absolute Gasteiger partial charge is 0.120 e. The van der Waals surface area contributed by atoms with Crippen molar-refractivity contribution < 1.29 is 4.74 Å². The molecule has 0 spiro atoms. The Hall–Kier alpha value is -0.540. The normalized spacial score (nSPS) is 12.5. The molecule has 84 valence electrons. The second-order valence-corrected chi connectivity index (χ2v) is 4.26. The molecule has 0 saturated heterocycles. The van der Waals surface area contributed by atoms with Gasteiger partial charge in [0.25, 0.3) is 0 Å². The maximum absolute atomic E-state index is 5.17. The summed E-state index contributed by atoms with van der Waals surface area (Å²) in [5.41, 5.74) is 1.29. The summed E-state index contributed by atoms with van der Waals surface area (Å²) in [4.78, 5) is 0. The van der Waals surface area contributed by atoms with E-state index in [1.54, 1.807) is 7.11 Å². The van der Waals surface area contributed by atoms with E-state index in [4.69, 9.17) is 4.74 Å². The summed E-state index contributed by atoms with van der Waals surface area (Å²) in [6.07, 6.45) is 1.08. The number of benzene rings is 1. The Morgan fingerprint density at radius 1 is 1.40 bits per heavy atom. The predicted octanol–water partition coefficient (Wildman–Crippen LogP) is 3.52. The van der Waals surface area contributed by atoms with Gasteiger partial charge in [0.05, 0.1) is 7.11 Å². The molecule has 0 saturated carbocycles. The van der Waals surface area contributed by atoms with Crippen LogP contribution in [0, 0.1) is 0 Å². The summed E-state index contributed by atoms with van der Waals surface area (Å²) in [7, 11) is 1.68. The van der Waals surface area contributed by atoms with Crippen LogP contribution < -0.4 is 10.1 Å². The second kappa shape index (κ2) is 6.13. The van der Waals surface area contributed by atoms with Crippen molar-refractivity contribution in [1.82, 2.24) is 5.32 Å². The number of hydrogen-bond acceptors (Lipinski definition) is 2. The van der Waals surface area contributed by atoms with Gasteiger partial charge in [0.2, 0.25) is 0 Å². The van der Waals surface area contributed by atoms with Crippen LogP contribution in [0.2, 0.25) is 0 Å². The summed E-state index contributed by atoms with van der Waals surface area (Å²) >= 11 is 3.58. The third-order valence-electron chi connectivity index (χ3n) is 2.44. The largest absolute Gasteiger partial charge is 0.497 e. The number of nitrogens with one attached hydrogen (secondary N) is 1. The molecule has 0 aliphatic heterocycles. The maximum atomic E-state index is 5.17. The summed E-state index contributed by atoms with van der Waals surface area (Å²) in [5.74, 6) is 0.886. The molecule has 0 heterocycles. The minimum atomic E-state index is 0.412. The molecule has 0 bridgehead atoms. The van der Waals surface area contributed by atoms with Crippen LogP contribution in [0.5, 0.6) is 5.75 Å². The Morgan fingerprint density at radius 2 is 2.13 bits per heavy atom. The van der Waals surface area contributed by atoms with Gasteiger partial charge in [-0.2, -0.15) is 0 Å². The second-order valence-electron chi connectivity index (χ2n) is 3.41. The van der Waals surface area contributed by atoms with Gasteiger partial charge in [-0.3, -0.25) is 0 Å². The molecule has 15 heavy (non-hydrogen) atoms. The van der Waals surface area contributed by atoms with Gasteiger partial charge < -0.3 is 10.1 Å². The first-order valence-electron chi connectivity index (χ1n) is 5.29. The van der Waals surface area contributed by atoms with Crippen molar-refractivity contribution in [2.24, 2.45) is 0 Å². The average molecular weight is 272 g/mol. The number of halogens is 1. The molecule has 3 heteroatoms. The van der Waals surface area contributed by atoms with E-state index >= 15 is 0 Å². The molecule has 0 fully saturated rings. The Bertz CT molecular complexity index is 314. The summed E-state index contributed by atoms with van der Waals surface area (Å²) in [6.45, 7) is 5.29. The van der Waals surface area contributed by atoms with Gasteiger partial charge in [-0.1, -0.05) is 35.8 Å². The van der Waals surface area contributed by atoms with Crippen molar-refractivity contribution in [3.8, 4) is 5.75 Å². The highest BCUT2D eigenvalue weighted by Gasteiger charge is 2.11. The van der Waals surface area contributed by atoms with Gasteiger partial charge in [0.15, 0.2) is 0 Å². The maximum Gasteiger partial charge on any atom is 0.120 e. The zero-order valence-electron chi connectivity index (χ0n) is 9.51. The van der Waals surface area contributed by atoms with Gasteiger partial charge in [-0.15, -0.1) is 0 Å². The monoisotopic (exact) mass is 271 g/mol. The summed E-state index contributed by atoms with van der Waals surface area (Å²) in [5, 5.41) is 3.46. The lowest BCUT2D eigenvalue weighted by Crippen LogP contribution is -2.20. The van der Waals surface area contributed by atoms with E-state index in [0.717, 1.165) is 23.2 Å². The molecular formula is C12H18BrNO. The van der Waals surface area contributed by atoms with Crippen molar-refractivity contribution in [3.63, 3.8) is 0 Å². The molecule has 0 aromatic heterocycles. The molecule has 1 aromatic carbocycles. The van der Waals surface area contributed by atoms with Crippen LogP contribution in [0.25, 0.3) is 0 Å². The van der Waals surface area contributed by atoms with E-state index < -0.39 is 0 Å². The lowest BCUT2D eigenvalue weighted by Gasteiger charge is -2.18. The molecule has 0 aliphatic carbocycles. The van der Waals surface area contributed by atoms with Crippen LogP contribution in [-0.4, -0.2) is 13.7 Å². The van der Waals surface area contributed by atoms with Gasteiger partial charge in [-0.25, -0.2) is 0 Å². The highest BCUT2D eigenvalue weighted by atomic mass is 79.9. The minimum absolute atomic E-state index is 0.412. The van der Waals surface area contributed by atoms with Gasteiger partial charge in [0, 0.05) is 10.5 Å². The Labute approximate surface area is 100 Å². The van der Waals surface area contributed by atoms with E-state index in [2.05, 4.69) is 41.2 Å². The zero-order valence-corrected chi connectivity index (χ0v) is 11.1. The van der Waals surface area contributed by atoms with Crippen molar-refractivity contribution in [3.05, 3.63) is 28.2 Å². The van der Waals surface area contributed by atoms with Crippen LogP contribution in [0.15, 0.2) is 22.7 Å². The summed E-state index contributed by atoms with van der Waals surface area (Å²) in [6, 6.07) is 6.53. The number of rotatable bonds is 5. The fourth-order valence-electron chi connectivity index (χ4n) is 1.64. The molecule has 1 atom stereocenters. The van der Waals surface area contributed by atoms with E-state index in [9.17, 15) is 0 Å². The third-order valence-corrected chi connectivity index (χ3v) is 3.13. The molecule has 1 aromatic rings. The fourth-order valence-corrected chi connectivity index (χ4v) is 2.27. The Kier molecular flexibility index (Phi) is 5.12. The molecule has 1 unspecified atom stereocenters. The van der Waals surface area contributed by atoms with Crippen LogP contribution in [0.4, 0.5) is 0 Å². The lowest BCUT2D eigenvalue weighted by molar-refractivity contribution is 0.414. The molecule has 0 radical (unpaired) electrons. The Morgan fingerprint density at radius 3 is 2.60 bits per heavy atom.